The number of hydrogen-bond donors (Lipinski definition) is 2. The van der Waals surface area contributed by atoms with E-state index in [2.05, 4.69) is 10.0 Å². The maximum Gasteiger partial charge on any atom is 0.338 e. The molecule has 0 saturated carbocycles. The summed E-state index contributed by atoms with van der Waals surface area (Å²) in [6.07, 6.45) is 0.229. The second-order valence-corrected chi connectivity index (χ2v) is 8.21. The first kappa shape index (κ1) is 22.2. The SMILES string of the molecule is C[C@@H](OC(=O)c1ccc(S(=O)(=O)NCc2ccco2)cc1)C(=O)Nc1ccccc1F. The smallest absolute Gasteiger partial charge is 0.338 e. The van der Waals surface area contributed by atoms with Crippen LogP contribution in [-0.4, -0.2) is 26.4 Å². The van der Waals surface area contributed by atoms with Crippen LogP contribution in [0.5, 0.6) is 0 Å². The predicted octanol–water partition coefficient (Wildman–Crippen LogP) is 3.08. The number of amides is 1. The standard InChI is InChI=1S/C21H19FN2O6S/c1-14(20(25)24-19-7-3-2-6-18(19)22)30-21(26)15-8-10-17(11-9-15)31(27,28)23-13-16-5-4-12-29-16/h2-12,14,23H,13H2,1H3,(H,24,25)/t14-/m1/s1. The fourth-order valence-electron chi connectivity index (χ4n) is 2.51. The van der Waals surface area contributed by atoms with Gasteiger partial charge in [0.1, 0.15) is 11.6 Å². The molecule has 1 aromatic heterocycles. The number of anilines is 1. The minimum Gasteiger partial charge on any atom is -0.468 e. The van der Waals surface area contributed by atoms with E-state index in [0.717, 1.165) is 0 Å². The highest BCUT2D eigenvalue weighted by Gasteiger charge is 2.21. The molecule has 10 heteroatoms. The summed E-state index contributed by atoms with van der Waals surface area (Å²) < 4.78 is 50.8. The van der Waals surface area contributed by atoms with Gasteiger partial charge in [-0.2, -0.15) is 0 Å². The zero-order valence-corrected chi connectivity index (χ0v) is 17.2. The second kappa shape index (κ2) is 9.54. The van der Waals surface area contributed by atoms with Crippen LogP contribution in [0.3, 0.4) is 0 Å². The van der Waals surface area contributed by atoms with Crippen LogP contribution in [0.15, 0.2) is 76.2 Å². The Kier molecular flexibility index (Phi) is 6.83. The summed E-state index contributed by atoms with van der Waals surface area (Å²) in [4.78, 5) is 24.3. The number of sulfonamides is 1. The van der Waals surface area contributed by atoms with Crippen molar-refractivity contribution in [3.05, 3.63) is 84.1 Å². The molecule has 0 fully saturated rings. The molecular formula is C21H19FN2O6S. The summed E-state index contributed by atoms with van der Waals surface area (Å²) in [5.74, 6) is -1.71. The third-order valence-electron chi connectivity index (χ3n) is 4.20. The Morgan fingerprint density at radius 2 is 1.77 bits per heavy atom. The van der Waals surface area contributed by atoms with Gasteiger partial charge in [0.2, 0.25) is 10.0 Å². The van der Waals surface area contributed by atoms with Crippen molar-refractivity contribution >= 4 is 27.6 Å². The molecule has 0 bridgehead atoms. The molecule has 8 nitrogen and oxygen atoms in total. The van der Waals surface area contributed by atoms with Gasteiger partial charge in [0, 0.05) is 0 Å². The Morgan fingerprint density at radius 1 is 1.06 bits per heavy atom. The van der Waals surface area contributed by atoms with E-state index in [1.54, 1.807) is 18.2 Å². The predicted molar refractivity (Wildman–Crippen MR) is 109 cm³/mol. The molecule has 0 aliphatic heterocycles. The molecule has 31 heavy (non-hydrogen) atoms. The number of benzene rings is 2. The molecule has 0 aliphatic rings. The summed E-state index contributed by atoms with van der Waals surface area (Å²) in [5, 5.41) is 2.33. The number of halogens is 1. The van der Waals surface area contributed by atoms with E-state index in [1.165, 1.54) is 55.7 Å². The molecule has 3 aromatic rings. The molecule has 2 aromatic carbocycles. The molecule has 0 unspecified atom stereocenters. The van der Waals surface area contributed by atoms with Crippen LogP contribution < -0.4 is 10.0 Å². The zero-order valence-electron chi connectivity index (χ0n) is 16.4. The lowest BCUT2D eigenvalue weighted by molar-refractivity contribution is -0.123. The lowest BCUT2D eigenvalue weighted by Gasteiger charge is -2.14. The van der Waals surface area contributed by atoms with Crippen LogP contribution in [0, 0.1) is 5.82 Å². The van der Waals surface area contributed by atoms with Crippen molar-refractivity contribution in [2.24, 2.45) is 0 Å². The minimum absolute atomic E-state index is 0.0201. The van der Waals surface area contributed by atoms with Crippen molar-refractivity contribution in [3.8, 4) is 0 Å². The van der Waals surface area contributed by atoms with Crippen molar-refractivity contribution in [2.75, 3.05) is 5.32 Å². The maximum absolute atomic E-state index is 13.6. The molecule has 0 spiro atoms. The van der Waals surface area contributed by atoms with Crippen molar-refractivity contribution < 1.29 is 31.6 Å². The average molecular weight is 446 g/mol. The van der Waals surface area contributed by atoms with Crippen molar-refractivity contribution in [1.29, 1.82) is 0 Å². The van der Waals surface area contributed by atoms with E-state index in [1.807, 2.05) is 0 Å². The van der Waals surface area contributed by atoms with Crippen LogP contribution >= 0.6 is 0 Å². The summed E-state index contributed by atoms with van der Waals surface area (Å²) >= 11 is 0. The Balaban J connectivity index is 1.59. The molecule has 3 rings (SSSR count). The minimum atomic E-state index is -3.82. The number of ether oxygens (including phenoxy) is 1. The van der Waals surface area contributed by atoms with E-state index in [-0.39, 0.29) is 22.7 Å². The van der Waals surface area contributed by atoms with Crippen LogP contribution in [0.1, 0.15) is 23.0 Å². The number of carbonyl (C=O) groups is 2. The van der Waals surface area contributed by atoms with Crippen molar-refractivity contribution in [1.82, 2.24) is 4.72 Å². The number of rotatable bonds is 8. The molecular weight excluding hydrogens is 427 g/mol. The van der Waals surface area contributed by atoms with Crippen molar-refractivity contribution in [2.45, 2.75) is 24.5 Å². The van der Waals surface area contributed by atoms with Gasteiger partial charge in [-0.05, 0) is 55.5 Å². The molecule has 162 valence electrons. The Hall–Kier alpha value is -3.50. The highest BCUT2D eigenvalue weighted by molar-refractivity contribution is 7.89. The number of para-hydroxylation sites is 1. The first-order chi connectivity index (χ1) is 14.8. The lowest BCUT2D eigenvalue weighted by atomic mass is 10.2. The molecule has 1 atom stereocenters. The maximum atomic E-state index is 13.6. The average Bonchev–Trinajstić information content (AvgIpc) is 3.28. The van der Waals surface area contributed by atoms with Gasteiger partial charge in [-0.25, -0.2) is 22.3 Å². The second-order valence-electron chi connectivity index (χ2n) is 6.44. The van der Waals surface area contributed by atoms with E-state index < -0.39 is 33.8 Å². The first-order valence-electron chi connectivity index (χ1n) is 9.15. The Morgan fingerprint density at radius 3 is 2.42 bits per heavy atom. The Labute approximate surface area is 178 Å². The van der Waals surface area contributed by atoms with Gasteiger partial charge >= 0.3 is 5.97 Å². The fourth-order valence-corrected chi connectivity index (χ4v) is 3.51. The normalized spacial score (nSPS) is 12.2. The molecule has 1 heterocycles. The fraction of sp³-hybridized carbons (Fsp3) is 0.143. The van der Waals surface area contributed by atoms with Crippen molar-refractivity contribution in [3.63, 3.8) is 0 Å². The van der Waals surface area contributed by atoms with E-state index in [0.29, 0.717) is 5.76 Å². The molecule has 0 aliphatic carbocycles. The van der Waals surface area contributed by atoms with E-state index >= 15 is 0 Å². The number of carbonyl (C=O) groups excluding carboxylic acids is 2. The monoisotopic (exact) mass is 446 g/mol. The highest BCUT2D eigenvalue weighted by atomic mass is 32.2. The van der Waals surface area contributed by atoms with Crippen LogP contribution in [0.25, 0.3) is 0 Å². The molecule has 0 radical (unpaired) electrons. The van der Waals surface area contributed by atoms with Gasteiger partial charge in [-0.15, -0.1) is 0 Å². The molecule has 2 N–H and O–H groups in total. The van der Waals surface area contributed by atoms with E-state index in [4.69, 9.17) is 9.15 Å². The Bertz CT molecular complexity index is 1160. The third kappa shape index (κ3) is 5.77. The van der Waals surface area contributed by atoms with Crippen LogP contribution in [-0.2, 0) is 26.1 Å². The first-order valence-corrected chi connectivity index (χ1v) is 10.6. The van der Waals surface area contributed by atoms with Gasteiger partial charge < -0.3 is 14.5 Å². The van der Waals surface area contributed by atoms with E-state index in [9.17, 15) is 22.4 Å². The third-order valence-corrected chi connectivity index (χ3v) is 5.62. The number of hydrogen-bond acceptors (Lipinski definition) is 6. The van der Waals surface area contributed by atoms with Gasteiger partial charge in [0.25, 0.3) is 5.91 Å². The summed E-state index contributed by atoms with van der Waals surface area (Å²) in [5.41, 5.74) is 0.0162. The van der Waals surface area contributed by atoms with Gasteiger partial charge in [0.05, 0.1) is 29.0 Å². The van der Waals surface area contributed by atoms with Gasteiger partial charge in [-0.1, -0.05) is 12.1 Å². The van der Waals surface area contributed by atoms with Crippen LogP contribution in [0.2, 0.25) is 0 Å². The number of furan rings is 1. The quantitative estimate of drug-likeness (QED) is 0.514. The van der Waals surface area contributed by atoms with Crippen LogP contribution in [0.4, 0.5) is 10.1 Å². The topological polar surface area (TPSA) is 115 Å². The number of nitrogens with one attached hydrogen (secondary N) is 2. The van der Waals surface area contributed by atoms with Gasteiger partial charge in [0.15, 0.2) is 6.10 Å². The highest BCUT2D eigenvalue weighted by Crippen LogP contribution is 2.15. The largest absolute Gasteiger partial charge is 0.468 e. The molecule has 0 saturated heterocycles. The lowest BCUT2D eigenvalue weighted by Crippen LogP contribution is -2.30. The summed E-state index contributed by atoms with van der Waals surface area (Å²) in [6, 6.07) is 13.9. The zero-order chi connectivity index (χ0) is 22.4. The summed E-state index contributed by atoms with van der Waals surface area (Å²) in [7, 11) is -3.82. The summed E-state index contributed by atoms with van der Waals surface area (Å²) in [6.45, 7) is 1.32. The van der Waals surface area contributed by atoms with Gasteiger partial charge in [-0.3, -0.25) is 4.79 Å². The molecule has 1 amide bonds. The number of esters is 1.